The topological polar surface area (TPSA) is 124 Å². The number of nitrogens with zero attached hydrogens (tertiary/aromatic N) is 2. The van der Waals surface area contributed by atoms with Crippen molar-refractivity contribution in [2.75, 3.05) is 25.1 Å². The van der Waals surface area contributed by atoms with Crippen molar-refractivity contribution < 1.29 is 32.2 Å². The highest BCUT2D eigenvalue weighted by Gasteiger charge is 2.29. The quantitative estimate of drug-likeness (QED) is 0.118. The molecule has 0 aromatic heterocycles. The van der Waals surface area contributed by atoms with Crippen molar-refractivity contribution >= 4 is 33.8 Å². The Morgan fingerprint density at radius 1 is 0.857 bits per heavy atom. The highest BCUT2D eigenvalue weighted by molar-refractivity contribution is 7.92. The van der Waals surface area contributed by atoms with Crippen LogP contribution < -0.4 is 23.9 Å². The first-order valence-corrected chi connectivity index (χ1v) is 14.2. The smallest absolute Gasteiger partial charge is 0.343 e. The Kier molecular flexibility index (Phi) is 9.56. The van der Waals surface area contributed by atoms with Gasteiger partial charge in [-0.25, -0.2) is 18.6 Å². The fraction of sp³-hybridized carbons (Fsp3) is 0.129. The summed E-state index contributed by atoms with van der Waals surface area (Å²) in [5.74, 6) is -0.167. The lowest BCUT2D eigenvalue weighted by Crippen LogP contribution is -2.39. The van der Waals surface area contributed by atoms with Gasteiger partial charge in [0.1, 0.15) is 23.8 Å². The van der Waals surface area contributed by atoms with E-state index in [4.69, 9.17) is 14.2 Å². The monoisotopic (exact) mass is 587 g/mol. The molecule has 10 nitrogen and oxygen atoms in total. The van der Waals surface area contributed by atoms with Crippen molar-refractivity contribution in [2.45, 2.75) is 11.8 Å². The van der Waals surface area contributed by atoms with E-state index in [1.165, 1.54) is 44.7 Å². The second-order valence-corrected chi connectivity index (χ2v) is 10.8. The predicted octanol–water partition coefficient (Wildman–Crippen LogP) is 4.58. The molecule has 0 unspecified atom stereocenters. The minimum Gasteiger partial charge on any atom is -0.497 e. The fourth-order valence-electron chi connectivity index (χ4n) is 3.83. The molecule has 0 spiro atoms. The Hall–Kier alpha value is -5.16. The van der Waals surface area contributed by atoms with E-state index in [-0.39, 0.29) is 16.3 Å². The second kappa shape index (κ2) is 13.5. The Bertz CT molecular complexity index is 1670. The van der Waals surface area contributed by atoms with Crippen LogP contribution >= 0.6 is 0 Å². The van der Waals surface area contributed by atoms with Crippen LogP contribution in [0.4, 0.5) is 5.69 Å². The normalized spacial score (nSPS) is 11.1. The molecule has 0 atom stereocenters. The highest BCUT2D eigenvalue weighted by atomic mass is 32.2. The van der Waals surface area contributed by atoms with E-state index in [2.05, 4.69) is 10.5 Å². The molecule has 1 amide bonds. The lowest BCUT2D eigenvalue weighted by molar-refractivity contribution is -0.119. The zero-order valence-corrected chi connectivity index (χ0v) is 24.0. The molecule has 4 rings (SSSR count). The standard InChI is InChI=1S/C31H29N3O7S/c1-22-9-16-27(17-10-22)42(37,38)34(28-18-15-26(39-2)19-29(28)40-3)21-30(35)33-32-20-23-11-13-25(14-12-23)41-31(36)24-7-5-4-6-8-24/h4-20H,21H2,1-3H3,(H,33,35)/b32-20-. The summed E-state index contributed by atoms with van der Waals surface area (Å²) in [6.07, 6.45) is 1.38. The lowest BCUT2D eigenvalue weighted by Gasteiger charge is -2.25. The summed E-state index contributed by atoms with van der Waals surface area (Å²) in [7, 11) is -1.30. The number of sulfonamides is 1. The highest BCUT2D eigenvalue weighted by Crippen LogP contribution is 2.35. The number of hydrogen-bond acceptors (Lipinski definition) is 8. The van der Waals surface area contributed by atoms with E-state index in [1.54, 1.807) is 72.8 Å². The Balaban J connectivity index is 1.48. The minimum absolute atomic E-state index is 0.00956. The SMILES string of the molecule is COc1ccc(N(CC(=O)N/N=C\c2ccc(OC(=O)c3ccccc3)cc2)S(=O)(=O)c2ccc(C)cc2)c(OC)c1. The van der Waals surface area contributed by atoms with Gasteiger partial charge in [0, 0.05) is 6.07 Å². The van der Waals surface area contributed by atoms with Crippen molar-refractivity contribution in [1.29, 1.82) is 0 Å². The Morgan fingerprint density at radius 3 is 2.17 bits per heavy atom. The van der Waals surface area contributed by atoms with Gasteiger partial charge in [-0.05, 0) is 73.2 Å². The van der Waals surface area contributed by atoms with Gasteiger partial charge in [0.2, 0.25) is 0 Å². The zero-order valence-electron chi connectivity index (χ0n) is 23.2. The first-order valence-electron chi connectivity index (χ1n) is 12.7. The predicted molar refractivity (Wildman–Crippen MR) is 159 cm³/mol. The fourth-order valence-corrected chi connectivity index (χ4v) is 5.27. The molecule has 4 aromatic rings. The maximum absolute atomic E-state index is 13.7. The van der Waals surface area contributed by atoms with Gasteiger partial charge in [-0.15, -0.1) is 0 Å². The minimum atomic E-state index is -4.17. The summed E-state index contributed by atoms with van der Waals surface area (Å²) in [4.78, 5) is 25.2. The molecule has 11 heteroatoms. The number of aryl methyl sites for hydroxylation is 1. The average Bonchev–Trinajstić information content (AvgIpc) is 3.01. The summed E-state index contributed by atoms with van der Waals surface area (Å²) < 4.78 is 44.3. The van der Waals surface area contributed by atoms with Crippen molar-refractivity contribution in [3.63, 3.8) is 0 Å². The van der Waals surface area contributed by atoms with E-state index in [9.17, 15) is 18.0 Å². The summed E-state index contributed by atoms with van der Waals surface area (Å²) in [6.45, 7) is 1.27. The van der Waals surface area contributed by atoms with Crippen LogP contribution in [0.5, 0.6) is 17.2 Å². The molecule has 0 bridgehead atoms. The van der Waals surface area contributed by atoms with Gasteiger partial charge < -0.3 is 14.2 Å². The number of nitrogens with one attached hydrogen (secondary N) is 1. The Labute approximate surface area is 244 Å². The van der Waals surface area contributed by atoms with Crippen molar-refractivity contribution in [2.24, 2.45) is 5.10 Å². The second-order valence-electron chi connectivity index (χ2n) is 8.98. The molecular formula is C31H29N3O7S. The zero-order chi connectivity index (χ0) is 30.1. The molecule has 0 saturated heterocycles. The number of hydrogen-bond donors (Lipinski definition) is 1. The van der Waals surface area contributed by atoms with Gasteiger partial charge >= 0.3 is 5.97 Å². The largest absolute Gasteiger partial charge is 0.497 e. The lowest BCUT2D eigenvalue weighted by atomic mass is 10.2. The van der Waals surface area contributed by atoms with Crippen LogP contribution in [0.15, 0.2) is 107 Å². The van der Waals surface area contributed by atoms with Crippen molar-refractivity contribution in [3.05, 3.63) is 114 Å². The van der Waals surface area contributed by atoms with Crippen LogP contribution in [-0.2, 0) is 14.8 Å². The number of benzene rings is 4. The number of esters is 1. The van der Waals surface area contributed by atoms with E-state index >= 15 is 0 Å². The number of methoxy groups -OCH3 is 2. The first-order chi connectivity index (χ1) is 20.2. The summed E-state index contributed by atoms with van der Waals surface area (Å²) in [5.41, 5.74) is 4.44. The molecule has 0 fully saturated rings. The number of amides is 1. The summed E-state index contributed by atoms with van der Waals surface area (Å²) in [5, 5.41) is 3.96. The van der Waals surface area contributed by atoms with Crippen LogP contribution in [0.2, 0.25) is 0 Å². The van der Waals surface area contributed by atoms with Gasteiger partial charge in [-0.2, -0.15) is 5.10 Å². The Morgan fingerprint density at radius 2 is 1.52 bits per heavy atom. The molecule has 0 aliphatic rings. The molecule has 0 aliphatic heterocycles. The van der Waals surface area contributed by atoms with Crippen LogP contribution in [0, 0.1) is 6.92 Å². The third-order valence-electron chi connectivity index (χ3n) is 6.05. The van der Waals surface area contributed by atoms with E-state index in [0.717, 1.165) is 9.87 Å². The average molecular weight is 588 g/mol. The molecule has 0 aliphatic carbocycles. The molecule has 4 aromatic carbocycles. The number of anilines is 1. The molecule has 0 radical (unpaired) electrons. The number of rotatable bonds is 11. The molecule has 42 heavy (non-hydrogen) atoms. The molecular weight excluding hydrogens is 558 g/mol. The summed E-state index contributed by atoms with van der Waals surface area (Å²) >= 11 is 0. The van der Waals surface area contributed by atoms with Gasteiger partial charge in [-0.3, -0.25) is 9.10 Å². The molecule has 1 N–H and O–H groups in total. The van der Waals surface area contributed by atoms with Gasteiger partial charge in [0.25, 0.3) is 15.9 Å². The van der Waals surface area contributed by atoms with Crippen LogP contribution in [0.1, 0.15) is 21.5 Å². The third kappa shape index (κ3) is 7.32. The van der Waals surface area contributed by atoms with Crippen LogP contribution in [0.3, 0.4) is 0 Å². The molecule has 216 valence electrons. The van der Waals surface area contributed by atoms with Crippen LogP contribution in [-0.4, -0.2) is 47.3 Å². The number of hydrazone groups is 1. The van der Waals surface area contributed by atoms with Crippen LogP contribution in [0.25, 0.3) is 0 Å². The van der Waals surface area contributed by atoms with Gasteiger partial charge in [0.05, 0.1) is 36.6 Å². The van der Waals surface area contributed by atoms with E-state index in [0.29, 0.717) is 22.6 Å². The maximum atomic E-state index is 13.7. The van der Waals surface area contributed by atoms with Crippen molar-refractivity contribution in [1.82, 2.24) is 5.43 Å². The molecule has 0 saturated carbocycles. The van der Waals surface area contributed by atoms with Gasteiger partial charge in [0.15, 0.2) is 0 Å². The third-order valence-corrected chi connectivity index (χ3v) is 7.83. The maximum Gasteiger partial charge on any atom is 0.343 e. The van der Waals surface area contributed by atoms with Gasteiger partial charge in [-0.1, -0.05) is 35.9 Å². The van der Waals surface area contributed by atoms with Crippen molar-refractivity contribution in [3.8, 4) is 17.2 Å². The molecule has 0 heterocycles. The summed E-state index contributed by atoms with van der Waals surface area (Å²) in [6, 6.07) is 26.0. The van der Waals surface area contributed by atoms with E-state index < -0.39 is 28.4 Å². The first kappa shape index (κ1) is 29.8. The number of ether oxygens (including phenoxy) is 3. The number of carbonyl (C=O) groups is 2. The number of carbonyl (C=O) groups excluding carboxylic acids is 2. The van der Waals surface area contributed by atoms with E-state index in [1.807, 2.05) is 6.92 Å².